The highest BCUT2D eigenvalue weighted by Crippen LogP contribution is 2.02. The van der Waals surface area contributed by atoms with Crippen LogP contribution in [-0.4, -0.2) is 23.5 Å². The van der Waals surface area contributed by atoms with E-state index in [1.165, 1.54) is 0 Å². The van der Waals surface area contributed by atoms with Crippen LogP contribution in [0.3, 0.4) is 0 Å². The fourth-order valence-electron chi connectivity index (χ4n) is 1.35. The molecule has 0 aliphatic rings. The average Bonchev–Trinajstić information content (AvgIpc) is 2.33. The third-order valence-corrected chi connectivity index (χ3v) is 2.35. The summed E-state index contributed by atoms with van der Waals surface area (Å²) >= 11 is 0. The summed E-state index contributed by atoms with van der Waals surface area (Å²) in [5.41, 5.74) is 1.13. The second kappa shape index (κ2) is 10.3. The second-order valence-electron chi connectivity index (χ2n) is 3.81. The number of carboxylic acid groups (broad SMARTS) is 1. The first-order chi connectivity index (χ1) is 8.60. The first kappa shape index (κ1) is 16.2. The topological polar surface area (TPSA) is 66.4 Å². The molecule has 0 heterocycles. The summed E-state index contributed by atoms with van der Waals surface area (Å²) in [6.07, 6.45) is 8.92. The molecular formula is C14H21NO3. The maximum atomic E-state index is 11.4. The van der Waals surface area contributed by atoms with Crippen molar-refractivity contribution in [2.75, 3.05) is 6.54 Å². The SMILES string of the molecule is C=C/C=C\C(=C/C)CCNC(=O)CCCC(=O)O. The molecule has 2 N–H and O–H groups in total. The number of carboxylic acids is 1. The average molecular weight is 251 g/mol. The van der Waals surface area contributed by atoms with E-state index in [0.29, 0.717) is 13.0 Å². The predicted octanol–water partition coefficient (Wildman–Crippen LogP) is 2.44. The molecule has 0 rings (SSSR count). The lowest BCUT2D eigenvalue weighted by molar-refractivity contribution is -0.137. The predicted molar refractivity (Wildman–Crippen MR) is 72.2 cm³/mol. The van der Waals surface area contributed by atoms with E-state index in [-0.39, 0.29) is 18.7 Å². The highest BCUT2D eigenvalue weighted by Gasteiger charge is 2.03. The van der Waals surface area contributed by atoms with Crippen LogP contribution < -0.4 is 5.32 Å². The smallest absolute Gasteiger partial charge is 0.303 e. The minimum absolute atomic E-state index is 0.0373. The molecule has 0 spiro atoms. The summed E-state index contributed by atoms with van der Waals surface area (Å²) in [6.45, 7) is 6.10. The van der Waals surface area contributed by atoms with Gasteiger partial charge in [0.1, 0.15) is 0 Å². The quantitative estimate of drug-likeness (QED) is 0.618. The number of hydrogen-bond acceptors (Lipinski definition) is 2. The van der Waals surface area contributed by atoms with Crippen LogP contribution in [0.15, 0.2) is 36.5 Å². The normalized spacial score (nSPS) is 11.5. The van der Waals surface area contributed by atoms with Crippen molar-refractivity contribution in [2.24, 2.45) is 0 Å². The minimum atomic E-state index is -0.867. The van der Waals surface area contributed by atoms with Crippen LogP contribution in [0.5, 0.6) is 0 Å². The Balaban J connectivity index is 3.76. The number of aliphatic carboxylic acids is 1. The number of allylic oxidation sites excluding steroid dienone is 4. The molecule has 0 aliphatic heterocycles. The Morgan fingerprint density at radius 2 is 2.00 bits per heavy atom. The van der Waals surface area contributed by atoms with Gasteiger partial charge < -0.3 is 10.4 Å². The molecule has 4 nitrogen and oxygen atoms in total. The molecule has 0 aromatic carbocycles. The van der Waals surface area contributed by atoms with Crippen LogP contribution in [0.4, 0.5) is 0 Å². The maximum Gasteiger partial charge on any atom is 0.303 e. The Hall–Kier alpha value is -1.84. The lowest BCUT2D eigenvalue weighted by Gasteiger charge is -2.05. The van der Waals surface area contributed by atoms with Gasteiger partial charge >= 0.3 is 5.97 Å². The standard InChI is InChI=1S/C14H21NO3/c1-3-5-7-12(4-2)10-11-15-13(16)8-6-9-14(17)18/h3-5,7H,1,6,8-11H2,2H3,(H,15,16)(H,17,18)/b7-5-,12-4+. The summed E-state index contributed by atoms with van der Waals surface area (Å²) in [4.78, 5) is 21.6. The van der Waals surface area contributed by atoms with Crippen molar-refractivity contribution in [2.45, 2.75) is 32.6 Å². The zero-order chi connectivity index (χ0) is 13.8. The van der Waals surface area contributed by atoms with E-state index in [4.69, 9.17) is 5.11 Å². The lowest BCUT2D eigenvalue weighted by Crippen LogP contribution is -2.24. The Bertz CT molecular complexity index is 343. The van der Waals surface area contributed by atoms with Crippen molar-refractivity contribution in [3.8, 4) is 0 Å². The van der Waals surface area contributed by atoms with Crippen molar-refractivity contribution in [3.63, 3.8) is 0 Å². The molecule has 0 bridgehead atoms. The van der Waals surface area contributed by atoms with E-state index >= 15 is 0 Å². The van der Waals surface area contributed by atoms with Crippen LogP contribution in [0.2, 0.25) is 0 Å². The van der Waals surface area contributed by atoms with Crippen molar-refractivity contribution in [1.29, 1.82) is 0 Å². The molecule has 0 saturated carbocycles. The van der Waals surface area contributed by atoms with Gasteiger partial charge in [0.25, 0.3) is 0 Å². The number of amides is 1. The Labute approximate surface area is 108 Å². The van der Waals surface area contributed by atoms with Gasteiger partial charge in [-0.25, -0.2) is 0 Å². The Morgan fingerprint density at radius 1 is 1.28 bits per heavy atom. The molecule has 0 fully saturated rings. The summed E-state index contributed by atoms with van der Waals surface area (Å²) in [5.74, 6) is -0.965. The third kappa shape index (κ3) is 9.39. The van der Waals surface area contributed by atoms with Gasteiger partial charge in [0.15, 0.2) is 0 Å². The maximum absolute atomic E-state index is 11.4. The van der Waals surface area contributed by atoms with Crippen LogP contribution in [0.25, 0.3) is 0 Å². The zero-order valence-corrected chi connectivity index (χ0v) is 10.8. The zero-order valence-electron chi connectivity index (χ0n) is 10.8. The van der Waals surface area contributed by atoms with E-state index < -0.39 is 5.97 Å². The van der Waals surface area contributed by atoms with E-state index in [1.807, 2.05) is 25.2 Å². The van der Waals surface area contributed by atoms with Crippen LogP contribution >= 0.6 is 0 Å². The first-order valence-electron chi connectivity index (χ1n) is 6.03. The van der Waals surface area contributed by atoms with Gasteiger partial charge in [-0.1, -0.05) is 36.5 Å². The number of hydrogen-bond donors (Lipinski definition) is 2. The molecule has 18 heavy (non-hydrogen) atoms. The lowest BCUT2D eigenvalue weighted by atomic mass is 10.1. The van der Waals surface area contributed by atoms with Gasteiger partial charge in [-0.05, 0) is 19.8 Å². The van der Waals surface area contributed by atoms with Crippen molar-refractivity contribution < 1.29 is 14.7 Å². The minimum Gasteiger partial charge on any atom is -0.481 e. The van der Waals surface area contributed by atoms with Crippen LogP contribution in [0, 0.1) is 0 Å². The van der Waals surface area contributed by atoms with Gasteiger partial charge in [-0.3, -0.25) is 9.59 Å². The monoisotopic (exact) mass is 251 g/mol. The highest BCUT2D eigenvalue weighted by molar-refractivity contribution is 5.76. The van der Waals surface area contributed by atoms with E-state index in [9.17, 15) is 9.59 Å². The van der Waals surface area contributed by atoms with Crippen LogP contribution in [-0.2, 0) is 9.59 Å². The molecule has 100 valence electrons. The van der Waals surface area contributed by atoms with Gasteiger partial charge in [0.05, 0.1) is 0 Å². The van der Waals surface area contributed by atoms with Gasteiger partial charge in [-0.2, -0.15) is 0 Å². The first-order valence-corrected chi connectivity index (χ1v) is 6.03. The van der Waals surface area contributed by atoms with Gasteiger partial charge in [0.2, 0.25) is 5.91 Å². The third-order valence-electron chi connectivity index (χ3n) is 2.35. The van der Waals surface area contributed by atoms with Gasteiger partial charge in [0, 0.05) is 19.4 Å². The van der Waals surface area contributed by atoms with E-state index in [2.05, 4.69) is 11.9 Å². The van der Waals surface area contributed by atoms with Crippen molar-refractivity contribution in [3.05, 3.63) is 36.5 Å². The Kier molecular flexibility index (Phi) is 9.27. The van der Waals surface area contributed by atoms with Crippen molar-refractivity contribution in [1.82, 2.24) is 5.32 Å². The molecule has 0 unspecified atom stereocenters. The summed E-state index contributed by atoms with van der Waals surface area (Å²) < 4.78 is 0. The molecule has 0 aromatic heterocycles. The molecule has 0 radical (unpaired) electrons. The molecule has 0 saturated heterocycles. The fourth-order valence-corrected chi connectivity index (χ4v) is 1.35. The molecule has 0 aliphatic carbocycles. The molecular weight excluding hydrogens is 230 g/mol. The fraction of sp³-hybridized carbons (Fsp3) is 0.429. The largest absolute Gasteiger partial charge is 0.481 e. The van der Waals surface area contributed by atoms with E-state index in [0.717, 1.165) is 12.0 Å². The highest BCUT2D eigenvalue weighted by atomic mass is 16.4. The number of rotatable bonds is 9. The summed E-state index contributed by atoms with van der Waals surface area (Å²) in [7, 11) is 0. The van der Waals surface area contributed by atoms with Crippen molar-refractivity contribution >= 4 is 11.9 Å². The molecule has 0 aromatic rings. The molecule has 4 heteroatoms. The number of carbonyl (C=O) groups is 2. The Morgan fingerprint density at radius 3 is 2.56 bits per heavy atom. The second-order valence-corrected chi connectivity index (χ2v) is 3.81. The number of nitrogens with one attached hydrogen (secondary N) is 1. The molecule has 0 atom stereocenters. The summed E-state index contributed by atoms with van der Waals surface area (Å²) in [5, 5.41) is 11.2. The molecule has 1 amide bonds. The van der Waals surface area contributed by atoms with E-state index in [1.54, 1.807) is 6.08 Å². The van der Waals surface area contributed by atoms with Gasteiger partial charge in [-0.15, -0.1) is 0 Å². The summed E-state index contributed by atoms with van der Waals surface area (Å²) in [6, 6.07) is 0. The number of carbonyl (C=O) groups excluding carboxylic acids is 1. The van der Waals surface area contributed by atoms with Crippen LogP contribution in [0.1, 0.15) is 32.6 Å².